The monoisotopic (exact) mass is 320 g/mol. The Bertz CT molecular complexity index is 579. The van der Waals surface area contributed by atoms with Gasteiger partial charge in [0.15, 0.2) is 0 Å². The number of hydrogen-bond acceptors (Lipinski definition) is 2. The van der Waals surface area contributed by atoms with Gasteiger partial charge in [0.1, 0.15) is 18.1 Å². The molecule has 3 heteroatoms. The van der Waals surface area contributed by atoms with E-state index in [9.17, 15) is 0 Å². The van der Waals surface area contributed by atoms with E-state index in [2.05, 4.69) is 28.9 Å². The molecule has 0 bridgehead atoms. The standard InChI is InChI=1S/C16H17BrO2/c1-11-4-7-16(18-3)13(8-11)10-19-14-5-6-15(17)12(2)9-14/h4-9H,10H2,1-3H3. The topological polar surface area (TPSA) is 18.5 Å². The molecule has 0 aliphatic heterocycles. The van der Waals surface area contributed by atoms with Crippen LogP contribution in [0.5, 0.6) is 11.5 Å². The average Bonchev–Trinajstić information content (AvgIpc) is 2.40. The number of ether oxygens (including phenoxy) is 2. The summed E-state index contributed by atoms with van der Waals surface area (Å²) < 4.78 is 12.3. The molecule has 0 aromatic heterocycles. The summed E-state index contributed by atoms with van der Waals surface area (Å²) in [7, 11) is 1.68. The first-order chi connectivity index (χ1) is 9.10. The molecule has 0 radical (unpaired) electrons. The summed E-state index contributed by atoms with van der Waals surface area (Å²) in [5.41, 5.74) is 3.42. The van der Waals surface area contributed by atoms with Crippen LogP contribution < -0.4 is 9.47 Å². The Kier molecular flexibility index (Phi) is 4.48. The Morgan fingerprint density at radius 1 is 1.05 bits per heavy atom. The van der Waals surface area contributed by atoms with Crippen molar-refractivity contribution in [2.24, 2.45) is 0 Å². The summed E-state index contributed by atoms with van der Waals surface area (Å²) in [6.45, 7) is 4.61. The Labute approximate surface area is 122 Å². The fraction of sp³-hybridized carbons (Fsp3) is 0.250. The molecular formula is C16H17BrO2. The SMILES string of the molecule is COc1ccc(C)cc1COc1ccc(Br)c(C)c1. The molecule has 0 aliphatic carbocycles. The minimum absolute atomic E-state index is 0.506. The van der Waals surface area contributed by atoms with Gasteiger partial charge < -0.3 is 9.47 Å². The van der Waals surface area contributed by atoms with Crippen molar-refractivity contribution in [3.05, 3.63) is 57.6 Å². The lowest BCUT2D eigenvalue weighted by atomic mass is 10.1. The maximum Gasteiger partial charge on any atom is 0.125 e. The largest absolute Gasteiger partial charge is 0.496 e. The summed E-state index contributed by atoms with van der Waals surface area (Å²) in [4.78, 5) is 0. The first-order valence-electron chi connectivity index (χ1n) is 6.12. The summed E-state index contributed by atoms with van der Waals surface area (Å²) >= 11 is 3.48. The molecule has 0 unspecified atom stereocenters. The fourth-order valence-corrected chi connectivity index (χ4v) is 2.13. The second-order valence-electron chi connectivity index (χ2n) is 4.51. The van der Waals surface area contributed by atoms with E-state index < -0.39 is 0 Å². The van der Waals surface area contributed by atoms with Crippen molar-refractivity contribution < 1.29 is 9.47 Å². The zero-order valence-electron chi connectivity index (χ0n) is 11.4. The number of hydrogen-bond donors (Lipinski definition) is 0. The van der Waals surface area contributed by atoms with Gasteiger partial charge in [0, 0.05) is 10.0 Å². The highest BCUT2D eigenvalue weighted by Gasteiger charge is 2.05. The molecule has 0 aliphatic rings. The van der Waals surface area contributed by atoms with Crippen LogP contribution in [-0.4, -0.2) is 7.11 Å². The molecule has 0 saturated heterocycles. The Hall–Kier alpha value is -1.48. The van der Waals surface area contributed by atoms with Crippen molar-refractivity contribution in [1.29, 1.82) is 0 Å². The lowest BCUT2D eigenvalue weighted by molar-refractivity contribution is 0.296. The summed E-state index contributed by atoms with van der Waals surface area (Å²) in [6, 6.07) is 12.1. The predicted octanol–water partition coefficient (Wildman–Crippen LogP) is 4.65. The van der Waals surface area contributed by atoms with Crippen LogP contribution in [0.15, 0.2) is 40.9 Å². The third kappa shape index (κ3) is 3.51. The average molecular weight is 321 g/mol. The van der Waals surface area contributed by atoms with Gasteiger partial charge in [-0.05, 0) is 49.7 Å². The minimum atomic E-state index is 0.506. The molecule has 0 heterocycles. The Balaban J connectivity index is 2.13. The normalized spacial score (nSPS) is 10.3. The molecule has 100 valence electrons. The molecule has 2 rings (SSSR count). The number of aryl methyl sites for hydroxylation is 2. The number of halogens is 1. The van der Waals surface area contributed by atoms with Crippen molar-refractivity contribution in [1.82, 2.24) is 0 Å². The van der Waals surface area contributed by atoms with Crippen LogP contribution >= 0.6 is 15.9 Å². The van der Waals surface area contributed by atoms with E-state index in [4.69, 9.17) is 9.47 Å². The van der Waals surface area contributed by atoms with Gasteiger partial charge in [-0.1, -0.05) is 27.6 Å². The van der Waals surface area contributed by atoms with Crippen LogP contribution in [0.3, 0.4) is 0 Å². The number of rotatable bonds is 4. The van der Waals surface area contributed by atoms with E-state index in [0.717, 1.165) is 27.1 Å². The molecule has 0 fully saturated rings. The fourth-order valence-electron chi connectivity index (χ4n) is 1.89. The number of methoxy groups -OCH3 is 1. The lowest BCUT2D eigenvalue weighted by Gasteiger charge is -2.12. The molecule has 2 aromatic carbocycles. The Morgan fingerprint density at radius 2 is 1.84 bits per heavy atom. The third-order valence-corrected chi connectivity index (χ3v) is 3.85. The molecule has 0 amide bonds. The van der Waals surface area contributed by atoms with Crippen LogP contribution in [0.1, 0.15) is 16.7 Å². The van der Waals surface area contributed by atoms with E-state index >= 15 is 0 Å². The highest BCUT2D eigenvalue weighted by molar-refractivity contribution is 9.10. The van der Waals surface area contributed by atoms with Crippen LogP contribution in [0.25, 0.3) is 0 Å². The molecule has 2 aromatic rings. The summed E-state index contributed by atoms with van der Waals surface area (Å²) in [5, 5.41) is 0. The molecule has 0 N–H and O–H groups in total. The lowest BCUT2D eigenvalue weighted by Crippen LogP contribution is -1.99. The molecule has 0 spiro atoms. The van der Waals surface area contributed by atoms with Gasteiger partial charge >= 0.3 is 0 Å². The van der Waals surface area contributed by atoms with Gasteiger partial charge in [-0.15, -0.1) is 0 Å². The highest BCUT2D eigenvalue weighted by atomic mass is 79.9. The maximum atomic E-state index is 5.82. The molecule has 2 nitrogen and oxygen atoms in total. The van der Waals surface area contributed by atoms with Crippen molar-refractivity contribution in [2.75, 3.05) is 7.11 Å². The highest BCUT2D eigenvalue weighted by Crippen LogP contribution is 2.25. The van der Waals surface area contributed by atoms with E-state index in [0.29, 0.717) is 6.61 Å². The van der Waals surface area contributed by atoms with Gasteiger partial charge in [-0.3, -0.25) is 0 Å². The molecule has 19 heavy (non-hydrogen) atoms. The third-order valence-electron chi connectivity index (χ3n) is 2.96. The summed E-state index contributed by atoms with van der Waals surface area (Å²) in [6.07, 6.45) is 0. The van der Waals surface area contributed by atoms with Crippen LogP contribution in [0.2, 0.25) is 0 Å². The Morgan fingerprint density at radius 3 is 2.53 bits per heavy atom. The predicted molar refractivity (Wildman–Crippen MR) is 80.9 cm³/mol. The van der Waals surface area contributed by atoms with Gasteiger partial charge in [0.25, 0.3) is 0 Å². The minimum Gasteiger partial charge on any atom is -0.496 e. The van der Waals surface area contributed by atoms with E-state index in [1.165, 1.54) is 5.56 Å². The quantitative estimate of drug-likeness (QED) is 0.816. The van der Waals surface area contributed by atoms with Gasteiger partial charge in [-0.25, -0.2) is 0 Å². The van der Waals surface area contributed by atoms with Crippen molar-refractivity contribution in [3.63, 3.8) is 0 Å². The zero-order valence-corrected chi connectivity index (χ0v) is 13.0. The second-order valence-corrected chi connectivity index (χ2v) is 5.37. The molecule has 0 saturated carbocycles. The second kappa shape index (κ2) is 6.11. The van der Waals surface area contributed by atoms with E-state index in [-0.39, 0.29) is 0 Å². The van der Waals surface area contributed by atoms with Gasteiger partial charge in [-0.2, -0.15) is 0 Å². The molecular weight excluding hydrogens is 304 g/mol. The van der Waals surface area contributed by atoms with Crippen LogP contribution in [0.4, 0.5) is 0 Å². The van der Waals surface area contributed by atoms with Crippen LogP contribution in [0, 0.1) is 13.8 Å². The van der Waals surface area contributed by atoms with Crippen molar-refractivity contribution in [2.45, 2.75) is 20.5 Å². The van der Waals surface area contributed by atoms with Gasteiger partial charge in [0.05, 0.1) is 7.11 Å². The first kappa shape index (κ1) is 13.9. The van der Waals surface area contributed by atoms with Gasteiger partial charge in [0.2, 0.25) is 0 Å². The number of benzene rings is 2. The summed E-state index contributed by atoms with van der Waals surface area (Å²) in [5.74, 6) is 1.73. The van der Waals surface area contributed by atoms with E-state index in [1.807, 2.05) is 37.3 Å². The van der Waals surface area contributed by atoms with Crippen molar-refractivity contribution in [3.8, 4) is 11.5 Å². The van der Waals surface area contributed by atoms with E-state index in [1.54, 1.807) is 7.11 Å². The van der Waals surface area contributed by atoms with Crippen LogP contribution in [-0.2, 0) is 6.61 Å². The molecule has 0 atom stereocenters. The zero-order chi connectivity index (χ0) is 13.8. The van der Waals surface area contributed by atoms with Crippen molar-refractivity contribution >= 4 is 15.9 Å². The smallest absolute Gasteiger partial charge is 0.125 e. The first-order valence-corrected chi connectivity index (χ1v) is 6.92. The maximum absolute atomic E-state index is 5.82.